The lowest BCUT2D eigenvalue weighted by Crippen LogP contribution is -2.14. The standard InChI is InChI=1S/C25H23N3O3S/c1-15-12-20-21(13-16(15)2)28-25(30)22(27-20)14-32-18-10-8-17(9-11-18)26-24(29)19-6-4-5-7-23(19)31-3/h4-13H,14H2,1-3H3,(H,26,29)(H,28,30). The molecule has 1 heterocycles. The van der Waals surface area contributed by atoms with Crippen molar-refractivity contribution in [2.24, 2.45) is 0 Å². The molecule has 0 saturated carbocycles. The van der Waals surface area contributed by atoms with Crippen LogP contribution in [0.15, 0.2) is 70.4 Å². The van der Waals surface area contributed by atoms with Crippen LogP contribution in [-0.2, 0) is 5.75 Å². The first-order chi connectivity index (χ1) is 15.4. The highest BCUT2D eigenvalue weighted by Crippen LogP contribution is 2.25. The molecule has 0 aliphatic heterocycles. The molecule has 1 amide bonds. The van der Waals surface area contributed by atoms with Crippen molar-refractivity contribution in [1.29, 1.82) is 0 Å². The Morgan fingerprint density at radius 2 is 1.78 bits per heavy atom. The Hall–Kier alpha value is -3.58. The van der Waals surface area contributed by atoms with Gasteiger partial charge in [-0.2, -0.15) is 0 Å². The highest BCUT2D eigenvalue weighted by Gasteiger charge is 2.12. The maximum atomic E-state index is 12.5. The summed E-state index contributed by atoms with van der Waals surface area (Å²) in [6.45, 7) is 4.05. The number of carbonyl (C=O) groups excluding carboxylic acids is 1. The molecule has 0 aliphatic rings. The van der Waals surface area contributed by atoms with Crippen molar-refractivity contribution in [3.05, 3.63) is 93.4 Å². The van der Waals surface area contributed by atoms with Gasteiger partial charge in [-0.15, -0.1) is 11.8 Å². The summed E-state index contributed by atoms with van der Waals surface area (Å²) in [5, 5.41) is 2.88. The summed E-state index contributed by atoms with van der Waals surface area (Å²) in [6, 6.07) is 18.5. The van der Waals surface area contributed by atoms with Gasteiger partial charge in [0.2, 0.25) is 0 Å². The minimum absolute atomic E-state index is 0.172. The Kier molecular flexibility index (Phi) is 6.28. The summed E-state index contributed by atoms with van der Waals surface area (Å²) in [5.41, 5.74) is 5.27. The van der Waals surface area contributed by atoms with Crippen LogP contribution in [0, 0.1) is 13.8 Å². The van der Waals surface area contributed by atoms with E-state index in [1.807, 2.05) is 56.3 Å². The lowest BCUT2D eigenvalue weighted by molar-refractivity contribution is 0.102. The smallest absolute Gasteiger partial charge is 0.271 e. The Labute approximate surface area is 190 Å². The molecule has 0 atom stereocenters. The first-order valence-electron chi connectivity index (χ1n) is 10.1. The number of ether oxygens (including phenoxy) is 1. The van der Waals surface area contributed by atoms with E-state index < -0.39 is 0 Å². The summed E-state index contributed by atoms with van der Waals surface area (Å²) in [4.78, 5) is 33.4. The Bertz CT molecular complexity index is 1350. The van der Waals surface area contributed by atoms with E-state index >= 15 is 0 Å². The second kappa shape index (κ2) is 9.28. The number of methoxy groups -OCH3 is 1. The SMILES string of the molecule is COc1ccccc1C(=O)Nc1ccc(SCc2nc3cc(C)c(C)cc3[nH]c2=O)cc1. The van der Waals surface area contributed by atoms with Gasteiger partial charge in [0.15, 0.2) is 0 Å². The molecular weight excluding hydrogens is 422 g/mol. The Morgan fingerprint density at radius 3 is 2.53 bits per heavy atom. The van der Waals surface area contributed by atoms with Gasteiger partial charge in [0.1, 0.15) is 11.4 Å². The van der Waals surface area contributed by atoms with E-state index in [0.717, 1.165) is 27.1 Å². The minimum atomic E-state index is -0.236. The second-order valence-electron chi connectivity index (χ2n) is 7.43. The van der Waals surface area contributed by atoms with Crippen molar-refractivity contribution < 1.29 is 9.53 Å². The molecule has 0 saturated heterocycles. The zero-order chi connectivity index (χ0) is 22.7. The van der Waals surface area contributed by atoms with Gasteiger partial charge in [-0.05, 0) is 73.5 Å². The predicted molar refractivity (Wildman–Crippen MR) is 129 cm³/mol. The lowest BCUT2D eigenvalue weighted by atomic mass is 10.1. The zero-order valence-corrected chi connectivity index (χ0v) is 18.9. The predicted octanol–water partition coefficient (Wildman–Crippen LogP) is 5.09. The monoisotopic (exact) mass is 445 g/mol. The summed E-state index contributed by atoms with van der Waals surface area (Å²) < 4.78 is 5.25. The fraction of sp³-hybridized carbons (Fsp3) is 0.160. The van der Waals surface area contributed by atoms with Crippen LogP contribution in [0.3, 0.4) is 0 Å². The number of fused-ring (bicyclic) bond motifs is 1. The number of hydrogen-bond donors (Lipinski definition) is 2. The molecule has 1 aromatic heterocycles. The molecule has 4 aromatic rings. The second-order valence-corrected chi connectivity index (χ2v) is 8.48. The Balaban J connectivity index is 1.44. The minimum Gasteiger partial charge on any atom is -0.496 e. The largest absolute Gasteiger partial charge is 0.496 e. The number of rotatable bonds is 6. The number of H-pyrrole nitrogens is 1. The molecule has 32 heavy (non-hydrogen) atoms. The molecule has 0 unspecified atom stereocenters. The molecule has 162 valence electrons. The average molecular weight is 446 g/mol. The van der Waals surface area contributed by atoms with Crippen LogP contribution in [0.5, 0.6) is 5.75 Å². The third-order valence-electron chi connectivity index (χ3n) is 5.22. The fourth-order valence-corrected chi connectivity index (χ4v) is 4.13. The molecule has 0 radical (unpaired) electrons. The molecule has 0 fully saturated rings. The fourth-order valence-electron chi connectivity index (χ4n) is 3.30. The quantitative estimate of drug-likeness (QED) is 0.404. The van der Waals surface area contributed by atoms with Crippen molar-refractivity contribution in [3.63, 3.8) is 0 Å². The summed E-state index contributed by atoms with van der Waals surface area (Å²) in [6.07, 6.45) is 0. The van der Waals surface area contributed by atoms with Crippen molar-refractivity contribution in [2.75, 3.05) is 12.4 Å². The van der Waals surface area contributed by atoms with Crippen molar-refractivity contribution in [2.45, 2.75) is 24.5 Å². The van der Waals surface area contributed by atoms with Crippen LogP contribution < -0.4 is 15.6 Å². The number of carbonyl (C=O) groups is 1. The average Bonchev–Trinajstić information content (AvgIpc) is 2.80. The third-order valence-corrected chi connectivity index (χ3v) is 6.24. The topological polar surface area (TPSA) is 84.1 Å². The number of anilines is 1. The van der Waals surface area contributed by atoms with E-state index in [4.69, 9.17) is 4.74 Å². The molecule has 0 spiro atoms. The number of para-hydroxylation sites is 1. The number of hydrogen-bond acceptors (Lipinski definition) is 5. The maximum absolute atomic E-state index is 12.5. The summed E-state index contributed by atoms with van der Waals surface area (Å²) in [7, 11) is 1.54. The van der Waals surface area contributed by atoms with Crippen molar-refractivity contribution >= 4 is 34.4 Å². The molecule has 4 rings (SSSR count). The van der Waals surface area contributed by atoms with Gasteiger partial charge in [-0.3, -0.25) is 9.59 Å². The molecule has 6 nitrogen and oxygen atoms in total. The van der Waals surface area contributed by atoms with E-state index in [-0.39, 0.29) is 11.5 Å². The normalized spacial score (nSPS) is 10.8. The van der Waals surface area contributed by atoms with E-state index in [0.29, 0.717) is 28.4 Å². The lowest BCUT2D eigenvalue weighted by Gasteiger charge is -2.10. The number of nitrogens with one attached hydrogen (secondary N) is 2. The van der Waals surface area contributed by atoms with Crippen LogP contribution >= 0.6 is 11.8 Å². The first-order valence-corrected chi connectivity index (χ1v) is 11.1. The van der Waals surface area contributed by atoms with Gasteiger partial charge in [-0.25, -0.2) is 4.98 Å². The number of aromatic amines is 1. The zero-order valence-electron chi connectivity index (χ0n) is 18.1. The van der Waals surface area contributed by atoms with Gasteiger partial charge in [-0.1, -0.05) is 12.1 Å². The molecule has 3 aromatic carbocycles. The van der Waals surface area contributed by atoms with Gasteiger partial charge in [0.25, 0.3) is 11.5 Å². The number of nitrogens with zero attached hydrogens (tertiary/aromatic N) is 1. The van der Waals surface area contributed by atoms with E-state index in [9.17, 15) is 9.59 Å². The molecule has 7 heteroatoms. The van der Waals surface area contributed by atoms with E-state index in [1.165, 1.54) is 18.9 Å². The van der Waals surface area contributed by atoms with E-state index in [2.05, 4.69) is 15.3 Å². The molecule has 0 aliphatic carbocycles. The maximum Gasteiger partial charge on any atom is 0.271 e. The van der Waals surface area contributed by atoms with Crippen LogP contribution in [0.4, 0.5) is 5.69 Å². The van der Waals surface area contributed by atoms with Gasteiger partial charge in [0, 0.05) is 16.3 Å². The number of benzene rings is 3. The number of thioether (sulfide) groups is 1. The first kappa shape index (κ1) is 21.6. The Morgan fingerprint density at radius 1 is 1.06 bits per heavy atom. The highest BCUT2D eigenvalue weighted by atomic mass is 32.2. The molecule has 2 N–H and O–H groups in total. The third kappa shape index (κ3) is 4.68. The van der Waals surface area contributed by atoms with Crippen LogP contribution in [0.2, 0.25) is 0 Å². The van der Waals surface area contributed by atoms with Crippen molar-refractivity contribution in [3.8, 4) is 5.75 Å². The van der Waals surface area contributed by atoms with Crippen LogP contribution in [0.1, 0.15) is 27.2 Å². The molecular formula is C25H23N3O3S. The van der Waals surface area contributed by atoms with Gasteiger partial charge >= 0.3 is 0 Å². The van der Waals surface area contributed by atoms with Crippen LogP contribution in [0.25, 0.3) is 11.0 Å². The van der Waals surface area contributed by atoms with Crippen LogP contribution in [-0.4, -0.2) is 23.0 Å². The summed E-state index contributed by atoms with van der Waals surface area (Å²) >= 11 is 1.52. The summed E-state index contributed by atoms with van der Waals surface area (Å²) in [5.74, 6) is 0.737. The molecule has 0 bridgehead atoms. The van der Waals surface area contributed by atoms with E-state index in [1.54, 1.807) is 18.2 Å². The van der Waals surface area contributed by atoms with Gasteiger partial charge < -0.3 is 15.0 Å². The number of aryl methyl sites for hydroxylation is 2. The number of aromatic nitrogens is 2. The van der Waals surface area contributed by atoms with Gasteiger partial charge in [0.05, 0.1) is 23.7 Å². The van der Waals surface area contributed by atoms with Crippen molar-refractivity contribution in [1.82, 2.24) is 9.97 Å². The number of amides is 1. The highest BCUT2D eigenvalue weighted by molar-refractivity contribution is 7.98.